The van der Waals surface area contributed by atoms with Crippen molar-refractivity contribution in [3.05, 3.63) is 35.9 Å². The third kappa shape index (κ3) is 4.33. The molecule has 1 saturated heterocycles. The number of carbonyl (C=O) groups excluding carboxylic acids is 1. The molecule has 1 fully saturated rings. The van der Waals surface area contributed by atoms with Gasteiger partial charge in [0.15, 0.2) is 0 Å². The normalized spacial score (nSPS) is 23.0. The largest absolute Gasteiger partial charge is 0.343 e. The number of benzene rings is 1. The molecular formula is C19H31N2O+. The molecule has 1 atom stereocenters. The van der Waals surface area contributed by atoms with E-state index in [-0.39, 0.29) is 5.92 Å². The Labute approximate surface area is 135 Å². The zero-order chi connectivity index (χ0) is 15.9. The zero-order valence-electron chi connectivity index (χ0n) is 14.3. The second kappa shape index (κ2) is 8.33. The van der Waals surface area contributed by atoms with E-state index in [9.17, 15) is 4.79 Å². The quantitative estimate of drug-likeness (QED) is 0.854. The molecule has 0 spiro atoms. The second-order valence-corrected chi connectivity index (χ2v) is 6.55. The van der Waals surface area contributed by atoms with Gasteiger partial charge in [0.05, 0.1) is 19.6 Å². The van der Waals surface area contributed by atoms with E-state index in [0.29, 0.717) is 11.8 Å². The highest BCUT2D eigenvalue weighted by Gasteiger charge is 2.30. The Morgan fingerprint density at radius 1 is 1.18 bits per heavy atom. The van der Waals surface area contributed by atoms with Crippen molar-refractivity contribution in [2.75, 3.05) is 32.7 Å². The van der Waals surface area contributed by atoms with Crippen LogP contribution in [0.2, 0.25) is 0 Å². The van der Waals surface area contributed by atoms with Gasteiger partial charge in [0, 0.05) is 37.8 Å². The Morgan fingerprint density at radius 2 is 1.77 bits per heavy atom. The van der Waals surface area contributed by atoms with Crippen molar-refractivity contribution in [2.24, 2.45) is 5.92 Å². The van der Waals surface area contributed by atoms with E-state index in [1.54, 1.807) is 4.90 Å². The van der Waals surface area contributed by atoms with Crippen LogP contribution in [-0.2, 0) is 4.79 Å². The van der Waals surface area contributed by atoms with E-state index in [2.05, 4.69) is 51.1 Å². The Balaban J connectivity index is 1.81. The number of hydrogen-bond acceptors (Lipinski definition) is 1. The molecular weight excluding hydrogens is 272 g/mol. The fourth-order valence-electron chi connectivity index (χ4n) is 3.60. The maximum atomic E-state index is 12.4. The average molecular weight is 303 g/mol. The second-order valence-electron chi connectivity index (χ2n) is 6.55. The minimum absolute atomic E-state index is 0.260. The van der Waals surface area contributed by atoms with E-state index < -0.39 is 0 Å². The van der Waals surface area contributed by atoms with E-state index in [1.807, 2.05) is 4.90 Å². The molecule has 1 aromatic carbocycles. The Kier molecular flexibility index (Phi) is 6.44. The van der Waals surface area contributed by atoms with Crippen LogP contribution < -0.4 is 4.90 Å². The maximum absolute atomic E-state index is 12.4. The summed E-state index contributed by atoms with van der Waals surface area (Å²) in [6.45, 7) is 11.6. The lowest BCUT2D eigenvalue weighted by Gasteiger charge is -2.32. The highest BCUT2D eigenvalue weighted by molar-refractivity contribution is 5.78. The number of rotatable bonds is 6. The highest BCUT2D eigenvalue weighted by atomic mass is 16.2. The molecule has 0 radical (unpaired) electrons. The van der Waals surface area contributed by atoms with Gasteiger partial charge in [0.2, 0.25) is 5.91 Å². The first-order valence-corrected chi connectivity index (χ1v) is 8.83. The molecule has 22 heavy (non-hydrogen) atoms. The van der Waals surface area contributed by atoms with Crippen molar-refractivity contribution in [1.82, 2.24) is 4.90 Å². The van der Waals surface area contributed by atoms with Crippen LogP contribution in [0.3, 0.4) is 0 Å². The molecule has 1 aliphatic heterocycles. The lowest BCUT2D eigenvalue weighted by molar-refractivity contribution is -0.907. The lowest BCUT2D eigenvalue weighted by Crippen LogP contribution is -3.13. The van der Waals surface area contributed by atoms with Crippen LogP contribution in [0, 0.1) is 5.92 Å². The standard InChI is InChI=1S/C19H30N2O/c1-4-21(5-2)19(22)18-11-13-20(14-12-18)15-16(3)17-9-7-6-8-10-17/h6-10,16,18H,4-5,11-15H2,1-3H3/p+1/t16-/m1/s1. The molecule has 0 unspecified atom stereocenters. The summed E-state index contributed by atoms with van der Waals surface area (Å²) in [4.78, 5) is 16.1. The summed E-state index contributed by atoms with van der Waals surface area (Å²) >= 11 is 0. The zero-order valence-corrected chi connectivity index (χ0v) is 14.3. The molecule has 1 heterocycles. The van der Waals surface area contributed by atoms with Crippen LogP contribution in [0.4, 0.5) is 0 Å². The molecule has 122 valence electrons. The van der Waals surface area contributed by atoms with Crippen LogP contribution in [0.25, 0.3) is 0 Å². The Bertz CT molecular complexity index is 448. The van der Waals surface area contributed by atoms with Gasteiger partial charge in [-0.3, -0.25) is 4.79 Å². The molecule has 3 nitrogen and oxygen atoms in total. The Morgan fingerprint density at radius 3 is 2.32 bits per heavy atom. The van der Waals surface area contributed by atoms with E-state index in [4.69, 9.17) is 0 Å². The summed E-state index contributed by atoms with van der Waals surface area (Å²) in [6, 6.07) is 10.8. The first-order chi connectivity index (χ1) is 10.7. The molecule has 1 amide bonds. The topological polar surface area (TPSA) is 24.8 Å². The number of carbonyl (C=O) groups is 1. The maximum Gasteiger partial charge on any atom is 0.226 e. The number of nitrogens with one attached hydrogen (secondary N) is 1. The van der Waals surface area contributed by atoms with Gasteiger partial charge in [-0.2, -0.15) is 0 Å². The molecule has 0 bridgehead atoms. The third-order valence-electron chi connectivity index (χ3n) is 5.08. The highest BCUT2D eigenvalue weighted by Crippen LogP contribution is 2.15. The number of amides is 1. The summed E-state index contributed by atoms with van der Waals surface area (Å²) in [5, 5.41) is 0. The van der Waals surface area contributed by atoms with Crippen LogP contribution in [0.5, 0.6) is 0 Å². The number of quaternary nitrogens is 1. The minimum atomic E-state index is 0.260. The number of piperidine rings is 1. The van der Waals surface area contributed by atoms with Gasteiger partial charge < -0.3 is 9.80 Å². The number of nitrogens with zero attached hydrogens (tertiary/aromatic N) is 1. The molecule has 1 aromatic rings. The Hall–Kier alpha value is -1.35. The van der Waals surface area contributed by atoms with Crippen molar-refractivity contribution >= 4 is 5.91 Å². The molecule has 0 aromatic heterocycles. The van der Waals surface area contributed by atoms with Crippen molar-refractivity contribution in [3.8, 4) is 0 Å². The van der Waals surface area contributed by atoms with Gasteiger partial charge in [-0.15, -0.1) is 0 Å². The van der Waals surface area contributed by atoms with Crippen LogP contribution in [0.1, 0.15) is 45.1 Å². The fourth-order valence-corrected chi connectivity index (χ4v) is 3.60. The molecule has 0 saturated carbocycles. The monoisotopic (exact) mass is 303 g/mol. The molecule has 1 aliphatic rings. The molecule has 0 aliphatic carbocycles. The van der Waals surface area contributed by atoms with Crippen LogP contribution in [-0.4, -0.2) is 43.5 Å². The predicted molar refractivity (Wildman–Crippen MR) is 91.1 cm³/mol. The lowest BCUT2D eigenvalue weighted by atomic mass is 9.93. The van der Waals surface area contributed by atoms with Crippen molar-refractivity contribution in [3.63, 3.8) is 0 Å². The summed E-state index contributed by atoms with van der Waals surface area (Å²) in [7, 11) is 0. The van der Waals surface area contributed by atoms with E-state index in [1.165, 1.54) is 12.1 Å². The summed E-state index contributed by atoms with van der Waals surface area (Å²) in [5.74, 6) is 1.22. The SMILES string of the molecule is CCN(CC)C(=O)C1CC[NH+](C[C@@H](C)c2ccccc2)CC1. The smallest absolute Gasteiger partial charge is 0.226 e. The third-order valence-corrected chi connectivity index (χ3v) is 5.08. The fraction of sp³-hybridized carbons (Fsp3) is 0.632. The summed E-state index contributed by atoms with van der Waals surface area (Å²) in [6.07, 6.45) is 2.10. The van der Waals surface area contributed by atoms with Crippen molar-refractivity contribution in [1.29, 1.82) is 0 Å². The number of likely N-dealkylation sites (tertiary alicyclic amines) is 1. The van der Waals surface area contributed by atoms with E-state index in [0.717, 1.165) is 39.0 Å². The first kappa shape index (κ1) is 17.0. The van der Waals surface area contributed by atoms with Gasteiger partial charge in [0.1, 0.15) is 0 Å². The first-order valence-electron chi connectivity index (χ1n) is 8.83. The van der Waals surface area contributed by atoms with Gasteiger partial charge in [0.25, 0.3) is 0 Å². The van der Waals surface area contributed by atoms with Crippen molar-refractivity contribution in [2.45, 2.75) is 39.5 Å². The molecule has 1 N–H and O–H groups in total. The van der Waals surface area contributed by atoms with Gasteiger partial charge in [-0.1, -0.05) is 37.3 Å². The van der Waals surface area contributed by atoms with Crippen LogP contribution in [0.15, 0.2) is 30.3 Å². The predicted octanol–water partition coefficient (Wildman–Crippen LogP) is 1.95. The summed E-state index contributed by atoms with van der Waals surface area (Å²) in [5.41, 5.74) is 1.43. The van der Waals surface area contributed by atoms with Crippen molar-refractivity contribution < 1.29 is 9.69 Å². The molecule has 2 rings (SSSR count). The summed E-state index contributed by atoms with van der Waals surface area (Å²) < 4.78 is 0. The van der Waals surface area contributed by atoms with Gasteiger partial charge >= 0.3 is 0 Å². The average Bonchev–Trinajstić information content (AvgIpc) is 2.57. The minimum Gasteiger partial charge on any atom is -0.343 e. The van der Waals surface area contributed by atoms with E-state index >= 15 is 0 Å². The van der Waals surface area contributed by atoms with Gasteiger partial charge in [-0.25, -0.2) is 0 Å². The molecule has 3 heteroatoms. The number of hydrogen-bond donors (Lipinski definition) is 1. The van der Waals surface area contributed by atoms with Gasteiger partial charge in [-0.05, 0) is 19.4 Å². The van der Waals surface area contributed by atoms with Crippen LogP contribution >= 0.6 is 0 Å².